The molecule has 2 N–H and O–H groups in total. The third kappa shape index (κ3) is 3.13. The lowest BCUT2D eigenvalue weighted by Gasteiger charge is -2.25. The fourth-order valence-corrected chi connectivity index (χ4v) is 5.15. The first-order valence-electron chi connectivity index (χ1n) is 9.76. The molecule has 4 rings (SSSR count). The Hall–Kier alpha value is -2.30. The molecule has 2 fully saturated rings. The van der Waals surface area contributed by atoms with Gasteiger partial charge >= 0.3 is 6.09 Å². The van der Waals surface area contributed by atoms with E-state index in [0.29, 0.717) is 18.3 Å². The van der Waals surface area contributed by atoms with Crippen molar-refractivity contribution in [2.75, 3.05) is 19.7 Å². The maximum absolute atomic E-state index is 12.9. The Labute approximate surface area is 160 Å². The molecule has 5 atom stereocenters. The highest BCUT2D eigenvalue weighted by Gasteiger charge is 2.66. The van der Waals surface area contributed by atoms with Crippen LogP contribution in [-0.2, 0) is 9.53 Å². The van der Waals surface area contributed by atoms with E-state index in [9.17, 15) is 9.59 Å². The zero-order chi connectivity index (χ0) is 19.3. The Bertz CT molecular complexity index is 818. The third-order valence-electron chi connectivity index (χ3n) is 6.93. The molecule has 5 nitrogen and oxygen atoms in total. The summed E-state index contributed by atoms with van der Waals surface area (Å²) < 4.78 is 4.86. The number of piperidine rings is 1. The molecule has 1 aromatic carbocycles. The average molecular weight is 368 g/mol. The van der Waals surface area contributed by atoms with E-state index in [1.54, 1.807) is 0 Å². The molecule has 1 saturated carbocycles. The van der Waals surface area contributed by atoms with Crippen LogP contribution in [0.2, 0.25) is 0 Å². The van der Waals surface area contributed by atoms with Gasteiger partial charge in [-0.15, -0.1) is 0 Å². The summed E-state index contributed by atoms with van der Waals surface area (Å²) >= 11 is 0. The SMILES string of the molecule is Cc1ccc([C@H]2[C@@H]3CN(C(=O)[C@H]4C=CC(COC(N)=O)C4)C[C@@]32C)cc1C. The normalized spacial score (nSPS) is 33.8. The lowest BCUT2D eigenvalue weighted by molar-refractivity contribution is -0.134. The summed E-state index contributed by atoms with van der Waals surface area (Å²) in [6, 6.07) is 6.78. The van der Waals surface area contributed by atoms with Crippen LogP contribution in [0.5, 0.6) is 0 Å². The standard InChI is InChI=1S/C22H28N2O3/c1-13-4-6-16(8-14(13)2)19-18-10-24(12-22(18,19)3)20(25)17-7-5-15(9-17)11-27-21(23)26/h4-8,15,17-19H,9-12H2,1-3H3,(H2,23,26)/t15?,17-,18-,19-,22-/m0/s1. The first kappa shape index (κ1) is 18.1. The number of hydrogen-bond donors (Lipinski definition) is 1. The van der Waals surface area contributed by atoms with Gasteiger partial charge in [-0.3, -0.25) is 4.79 Å². The van der Waals surface area contributed by atoms with Crippen molar-refractivity contribution in [3.8, 4) is 0 Å². The Morgan fingerprint density at radius 1 is 1.26 bits per heavy atom. The Kier molecular flexibility index (Phi) is 4.28. The molecular formula is C22H28N2O3. The third-order valence-corrected chi connectivity index (χ3v) is 6.93. The Balaban J connectivity index is 1.35. The van der Waals surface area contributed by atoms with Gasteiger partial charge in [0.05, 0.1) is 12.5 Å². The summed E-state index contributed by atoms with van der Waals surface area (Å²) in [5, 5.41) is 0. The van der Waals surface area contributed by atoms with Crippen LogP contribution in [0.25, 0.3) is 0 Å². The van der Waals surface area contributed by atoms with Gasteiger partial charge in [-0.25, -0.2) is 4.79 Å². The first-order chi connectivity index (χ1) is 12.8. The average Bonchev–Trinajstić information content (AvgIpc) is 2.98. The highest BCUT2D eigenvalue weighted by Crippen LogP contribution is 2.68. The quantitative estimate of drug-likeness (QED) is 0.830. The number of fused-ring (bicyclic) bond motifs is 1. The van der Waals surface area contributed by atoms with Gasteiger partial charge in [0.2, 0.25) is 5.91 Å². The van der Waals surface area contributed by atoms with E-state index in [-0.39, 0.29) is 29.8 Å². The van der Waals surface area contributed by atoms with Crippen LogP contribution in [0.3, 0.4) is 0 Å². The van der Waals surface area contributed by atoms with Gasteiger partial charge < -0.3 is 15.4 Å². The minimum absolute atomic E-state index is 0.0856. The Morgan fingerprint density at radius 3 is 2.67 bits per heavy atom. The molecule has 1 heterocycles. The molecule has 0 aromatic heterocycles. The number of rotatable bonds is 4. The van der Waals surface area contributed by atoms with E-state index in [1.807, 2.05) is 17.1 Å². The maximum Gasteiger partial charge on any atom is 0.404 e. The number of nitrogens with zero attached hydrogens (tertiary/aromatic N) is 1. The number of likely N-dealkylation sites (tertiary alicyclic amines) is 1. The fourth-order valence-electron chi connectivity index (χ4n) is 5.15. The van der Waals surface area contributed by atoms with Crippen LogP contribution in [-0.4, -0.2) is 36.6 Å². The van der Waals surface area contributed by atoms with Crippen molar-refractivity contribution >= 4 is 12.0 Å². The smallest absolute Gasteiger partial charge is 0.404 e. The zero-order valence-corrected chi connectivity index (χ0v) is 16.3. The second-order valence-corrected chi connectivity index (χ2v) is 8.77. The molecule has 1 aromatic rings. The topological polar surface area (TPSA) is 72.6 Å². The van der Waals surface area contributed by atoms with E-state index in [2.05, 4.69) is 39.0 Å². The van der Waals surface area contributed by atoms with Crippen molar-refractivity contribution in [3.63, 3.8) is 0 Å². The van der Waals surface area contributed by atoms with Crippen LogP contribution >= 0.6 is 0 Å². The molecule has 5 heteroatoms. The van der Waals surface area contributed by atoms with Crippen LogP contribution in [0, 0.1) is 37.0 Å². The van der Waals surface area contributed by atoms with Gasteiger partial charge in [0, 0.05) is 19.0 Å². The molecule has 27 heavy (non-hydrogen) atoms. The van der Waals surface area contributed by atoms with Crippen molar-refractivity contribution in [2.24, 2.45) is 28.9 Å². The van der Waals surface area contributed by atoms with E-state index in [1.165, 1.54) is 16.7 Å². The molecule has 2 aliphatic carbocycles. The van der Waals surface area contributed by atoms with E-state index < -0.39 is 6.09 Å². The fraction of sp³-hybridized carbons (Fsp3) is 0.545. The van der Waals surface area contributed by atoms with Gasteiger partial charge in [-0.05, 0) is 54.2 Å². The number of amides is 2. The number of hydrogen-bond acceptors (Lipinski definition) is 3. The van der Waals surface area contributed by atoms with Crippen molar-refractivity contribution in [1.29, 1.82) is 0 Å². The van der Waals surface area contributed by atoms with E-state index >= 15 is 0 Å². The molecule has 1 unspecified atom stereocenters. The van der Waals surface area contributed by atoms with Gasteiger partial charge in [-0.1, -0.05) is 37.3 Å². The molecule has 0 radical (unpaired) electrons. The lowest BCUT2D eigenvalue weighted by atomic mass is 9.96. The highest BCUT2D eigenvalue weighted by molar-refractivity contribution is 5.82. The van der Waals surface area contributed by atoms with E-state index in [0.717, 1.165) is 13.1 Å². The predicted octanol–water partition coefficient (Wildman–Crippen LogP) is 3.15. The molecule has 0 bridgehead atoms. The molecule has 0 spiro atoms. The summed E-state index contributed by atoms with van der Waals surface area (Å²) in [5.74, 6) is 1.31. The number of benzene rings is 1. The van der Waals surface area contributed by atoms with Gasteiger partial charge in [0.1, 0.15) is 0 Å². The van der Waals surface area contributed by atoms with Crippen LogP contribution in [0.15, 0.2) is 30.4 Å². The number of carbonyl (C=O) groups is 2. The van der Waals surface area contributed by atoms with Gasteiger partial charge in [0.25, 0.3) is 0 Å². The minimum Gasteiger partial charge on any atom is -0.449 e. The van der Waals surface area contributed by atoms with Crippen molar-refractivity contribution < 1.29 is 14.3 Å². The number of nitrogens with two attached hydrogens (primary N) is 1. The van der Waals surface area contributed by atoms with Crippen molar-refractivity contribution in [3.05, 3.63) is 47.0 Å². The number of ether oxygens (including phenoxy) is 1. The highest BCUT2D eigenvalue weighted by atomic mass is 16.5. The second-order valence-electron chi connectivity index (χ2n) is 8.77. The molecule has 1 saturated heterocycles. The lowest BCUT2D eigenvalue weighted by Crippen LogP contribution is -2.36. The number of primary amides is 1. The van der Waals surface area contributed by atoms with Crippen LogP contribution < -0.4 is 5.73 Å². The summed E-state index contributed by atoms with van der Waals surface area (Å²) in [5.41, 5.74) is 9.31. The van der Waals surface area contributed by atoms with E-state index in [4.69, 9.17) is 10.5 Å². The van der Waals surface area contributed by atoms with Gasteiger partial charge in [0.15, 0.2) is 0 Å². The molecule has 1 aliphatic heterocycles. The summed E-state index contributed by atoms with van der Waals surface area (Å²) in [7, 11) is 0. The number of carbonyl (C=O) groups excluding carboxylic acids is 2. The van der Waals surface area contributed by atoms with Crippen molar-refractivity contribution in [1.82, 2.24) is 4.90 Å². The van der Waals surface area contributed by atoms with Crippen molar-refractivity contribution in [2.45, 2.75) is 33.1 Å². The summed E-state index contributed by atoms with van der Waals surface area (Å²) in [6.07, 6.45) is 3.87. The molecule has 2 amide bonds. The monoisotopic (exact) mass is 368 g/mol. The van der Waals surface area contributed by atoms with Crippen LogP contribution in [0.1, 0.15) is 36.0 Å². The summed E-state index contributed by atoms with van der Waals surface area (Å²) in [6.45, 7) is 8.57. The first-order valence-corrected chi connectivity index (χ1v) is 9.76. The molecule has 144 valence electrons. The largest absolute Gasteiger partial charge is 0.449 e. The summed E-state index contributed by atoms with van der Waals surface area (Å²) in [4.78, 5) is 25.7. The predicted molar refractivity (Wildman–Crippen MR) is 103 cm³/mol. The Morgan fingerprint density at radius 2 is 2.04 bits per heavy atom. The second kappa shape index (κ2) is 6.39. The minimum atomic E-state index is -0.761. The maximum atomic E-state index is 12.9. The molecule has 3 aliphatic rings. The number of aryl methyl sites for hydroxylation is 2. The molecular weight excluding hydrogens is 340 g/mol. The van der Waals surface area contributed by atoms with Gasteiger partial charge in [-0.2, -0.15) is 0 Å². The zero-order valence-electron chi connectivity index (χ0n) is 16.3. The van der Waals surface area contributed by atoms with Crippen LogP contribution in [0.4, 0.5) is 4.79 Å².